The number of rotatable bonds is 9. The Labute approximate surface area is 181 Å². The molecule has 0 atom stereocenters. The van der Waals surface area contributed by atoms with Crippen molar-refractivity contribution in [3.8, 4) is 5.75 Å². The fraction of sp³-hybridized carbons (Fsp3) is 0.652. The second-order valence-corrected chi connectivity index (χ2v) is 7.33. The van der Waals surface area contributed by atoms with Gasteiger partial charge in [0, 0.05) is 12.6 Å². The smallest absolute Gasteiger partial charge is 0.309 e. The van der Waals surface area contributed by atoms with Crippen LogP contribution in [0.1, 0.15) is 75.2 Å². The molecule has 1 saturated carbocycles. The molecule has 1 amide bonds. The summed E-state index contributed by atoms with van der Waals surface area (Å²) in [5, 5.41) is 0. The molecule has 1 fully saturated rings. The van der Waals surface area contributed by atoms with E-state index in [1.165, 1.54) is 26.4 Å². The molecule has 0 bridgehead atoms. The van der Waals surface area contributed by atoms with Crippen LogP contribution < -0.4 is 4.74 Å². The summed E-state index contributed by atoms with van der Waals surface area (Å²) < 4.78 is 10.5. The Bertz CT molecular complexity index is 629. The number of ether oxygens (including phenoxy) is 2. The molecule has 0 spiro atoms. The van der Waals surface area contributed by atoms with Gasteiger partial charge in [0.2, 0.25) is 0 Å². The third-order valence-corrected chi connectivity index (χ3v) is 5.30. The largest absolute Gasteiger partial charge is 0.493 e. The van der Waals surface area contributed by atoms with Gasteiger partial charge < -0.3 is 14.4 Å². The molecule has 5 nitrogen and oxygen atoms in total. The molecular formula is C23H37NO4S. The van der Waals surface area contributed by atoms with Crippen LogP contribution in [-0.2, 0) is 16.0 Å². The molecule has 0 N–H and O–H groups in total. The zero-order valence-electron chi connectivity index (χ0n) is 18.4. The standard InChI is InChI=1S/C21H31NO4S.C2H6/c1-3-26-19-14-16(15-20(23)25-2)10-11-18(19)21(24)22(12-7-13-27)17-8-5-4-6-9-17;1-2/h10-11,14,17,27H,3-9,12-13,15H2,1-2H3;1-2H3. The van der Waals surface area contributed by atoms with E-state index in [2.05, 4.69) is 12.6 Å². The lowest BCUT2D eigenvalue weighted by atomic mass is 9.93. The highest BCUT2D eigenvalue weighted by Crippen LogP contribution is 2.28. The van der Waals surface area contributed by atoms with Crippen LogP contribution in [0, 0.1) is 0 Å². The van der Waals surface area contributed by atoms with Crippen molar-refractivity contribution in [3.63, 3.8) is 0 Å². The third-order valence-electron chi connectivity index (χ3n) is 4.99. The molecule has 0 saturated heterocycles. The Hall–Kier alpha value is -1.69. The topological polar surface area (TPSA) is 55.8 Å². The number of methoxy groups -OCH3 is 1. The normalized spacial score (nSPS) is 13.8. The highest BCUT2D eigenvalue weighted by molar-refractivity contribution is 7.80. The van der Waals surface area contributed by atoms with Crippen molar-refractivity contribution in [2.24, 2.45) is 0 Å². The van der Waals surface area contributed by atoms with Gasteiger partial charge in [-0.15, -0.1) is 0 Å². The van der Waals surface area contributed by atoms with Gasteiger partial charge in [-0.05, 0) is 49.6 Å². The molecule has 1 aliphatic rings. The molecule has 1 aromatic carbocycles. The fourth-order valence-electron chi connectivity index (χ4n) is 3.61. The minimum absolute atomic E-state index is 0.0109. The summed E-state index contributed by atoms with van der Waals surface area (Å²) in [6, 6.07) is 5.66. The first-order chi connectivity index (χ1) is 14.1. The maximum atomic E-state index is 13.4. The van der Waals surface area contributed by atoms with E-state index in [1.54, 1.807) is 12.1 Å². The van der Waals surface area contributed by atoms with Gasteiger partial charge in [0.05, 0.1) is 25.7 Å². The summed E-state index contributed by atoms with van der Waals surface area (Å²) in [5.74, 6) is 0.994. The van der Waals surface area contributed by atoms with Gasteiger partial charge in [0.25, 0.3) is 5.91 Å². The molecule has 1 aliphatic carbocycles. The average Bonchev–Trinajstić information content (AvgIpc) is 2.76. The zero-order chi connectivity index (χ0) is 21.6. The lowest BCUT2D eigenvalue weighted by Crippen LogP contribution is -2.42. The highest BCUT2D eigenvalue weighted by atomic mass is 32.1. The fourth-order valence-corrected chi connectivity index (χ4v) is 3.75. The second-order valence-electron chi connectivity index (χ2n) is 6.88. The monoisotopic (exact) mass is 423 g/mol. The number of thiol groups is 1. The number of esters is 1. The van der Waals surface area contributed by atoms with Gasteiger partial charge in [-0.1, -0.05) is 39.2 Å². The van der Waals surface area contributed by atoms with Crippen LogP contribution in [0.15, 0.2) is 18.2 Å². The van der Waals surface area contributed by atoms with Crippen LogP contribution >= 0.6 is 12.6 Å². The number of nitrogens with zero attached hydrogens (tertiary/aromatic N) is 1. The number of hydrogen-bond donors (Lipinski definition) is 1. The van der Waals surface area contributed by atoms with E-state index in [0.29, 0.717) is 24.5 Å². The van der Waals surface area contributed by atoms with Gasteiger partial charge in [0.15, 0.2) is 0 Å². The first kappa shape index (κ1) is 25.3. The molecule has 0 unspecified atom stereocenters. The quantitative estimate of drug-likeness (QED) is 0.452. The minimum atomic E-state index is -0.311. The molecule has 0 radical (unpaired) electrons. The van der Waals surface area contributed by atoms with Crippen molar-refractivity contribution >= 4 is 24.5 Å². The molecule has 29 heavy (non-hydrogen) atoms. The van der Waals surface area contributed by atoms with Crippen LogP contribution in [0.4, 0.5) is 0 Å². The predicted octanol–water partition coefficient (Wildman–Crippen LogP) is 4.92. The number of hydrogen-bond acceptors (Lipinski definition) is 5. The predicted molar refractivity (Wildman–Crippen MR) is 121 cm³/mol. The van der Waals surface area contributed by atoms with Gasteiger partial charge >= 0.3 is 5.97 Å². The molecule has 0 heterocycles. The van der Waals surface area contributed by atoms with Crippen LogP contribution in [0.3, 0.4) is 0 Å². The first-order valence-electron chi connectivity index (χ1n) is 10.8. The van der Waals surface area contributed by atoms with Crippen LogP contribution in [-0.4, -0.2) is 48.8 Å². The van der Waals surface area contributed by atoms with E-state index in [4.69, 9.17) is 9.47 Å². The van der Waals surface area contributed by atoms with Crippen molar-refractivity contribution in [3.05, 3.63) is 29.3 Å². The lowest BCUT2D eigenvalue weighted by molar-refractivity contribution is -0.139. The summed E-state index contributed by atoms with van der Waals surface area (Å²) in [6.07, 6.45) is 6.74. The molecule has 164 valence electrons. The van der Waals surface area contributed by atoms with Crippen molar-refractivity contribution in [2.45, 2.75) is 71.8 Å². The van der Waals surface area contributed by atoms with Gasteiger partial charge in [0.1, 0.15) is 5.75 Å². The van der Waals surface area contributed by atoms with E-state index in [1.807, 2.05) is 31.7 Å². The summed E-state index contributed by atoms with van der Waals surface area (Å²) in [7, 11) is 1.37. The van der Waals surface area contributed by atoms with Crippen LogP contribution in [0.2, 0.25) is 0 Å². The van der Waals surface area contributed by atoms with E-state index >= 15 is 0 Å². The van der Waals surface area contributed by atoms with E-state index in [9.17, 15) is 9.59 Å². The maximum Gasteiger partial charge on any atom is 0.309 e. The minimum Gasteiger partial charge on any atom is -0.493 e. The molecule has 0 aliphatic heterocycles. The van der Waals surface area contributed by atoms with Crippen LogP contribution in [0.5, 0.6) is 5.75 Å². The maximum absolute atomic E-state index is 13.4. The van der Waals surface area contributed by atoms with Crippen LogP contribution in [0.25, 0.3) is 0 Å². The number of carbonyl (C=O) groups is 2. The molecular weight excluding hydrogens is 386 g/mol. The lowest BCUT2D eigenvalue weighted by Gasteiger charge is -2.35. The average molecular weight is 424 g/mol. The number of carbonyl (C=O) groups excluding carboxylic acids is 2. The zero-order valence-corrected chi connectivity index (χ0v) is 19.3. The third kappa shape index (κ3) is 7.92. The summed E-state index contributed by atoms with van der Waals surface area (Å²) in [4.78, 5) is 26.9. The second kappa shape index (κ2) is 14.3. The van der Waals surface area contributed by atoms with Crippen molar-refractivity contribution < 1.29 is 19.1 Å². The summed E-state index contributed by atoms with van der Waals surface area (Å²) in [6.45, 7) is 7.06. The van der Waals surface area contributed by atoms with E-state index < -0.39 is 0 Å². The molecule has 6 heteroatoms. The van der Waals surface area contributed by atoms with Gasteiger partial charge in [-0.3, -0.25) is 9.59 Å². The first-order valence-corrected chi connectivity index (χ1v) is 11.5. The highest BCUT2D eigenvalue weighted by Gasteiger charge is 2.28. The summed E-state index contributed by atoms with van der Waals surface area (Å²) >= 11 is 4.32. The molecule has 0 aromatic heterocycles. The summed E-state index contributed by atoms with van der Waals surface area (Å²) in [5.41, 5.74) is 1.34. The molecule has 2 rings (SSSR count). The Kier molecular flexibility index (Phi) is 12.5. The van der Waals surface area contributed by atoms with Gasteiger partial charge in [-0.2, -0.15) is 12.6 Å². The Morgan fingerprint density at radius 1 is 1.17 bits per heavy atom. The van der Waals surface area contributed by atoms with Gasteiger partial charge in [-0.25, -0.2) is 0 Å². The van der Waals surface area contributed by atoms with E-state index in [0.717, 1.165) is 30.6 Å². The molecule has 1 aromatic rings. The number of benzene rings is 1. The van der Waals surface area contributed by atoms with Crippen molar-refractivity contribution in [1.82, 2.24) is 4.90 Å². The Balaban J connectivity index is 0.00000204. The SMILES string of the molecule is CC.CCOc1cc(CC(=O)OC)ccc1C(=O)N(CCCS)C1CCCCC1. The van der Waals surface area contributed by atoms with Crippen molar-refractivity contribution in [1.29, 1.82) is 0 Å². The number of amides is 1. The van der Waals surface area contributed by atoms with E-state index in [-0.39, 0.29) is 24.3 Å². The van der Waals surface area contributed by atoms with Crippen molar-refractivity contribution in [2.75, 3.05) is 26.0 Å². The Morgan fingerprint density at radius 3 is 2.45 bits per heavy atom. The Morgan fingerprint density at radius 2 is 1.86 bits per heavy atom.